The molecule has 1 saturated heterocycles. The van der Waals surface area contributed by atoms with E-state index >= 15 is 4.39 Å². The predicted molar refractivity (Wildman–Crippen MR) is 107 cm³/mol. The molecule has 11 nitrogen and oxygen atoms in total. The summed E-state index contributed by atoms with van der Waals surface area (Å²) < 4.78 is 31.4. The van der Waals surface area contributed by atoms with Crippen molar-refractivity contribution < 1.29 is 38.4 Å². The highest BCUT2D eigenvalue weighted by Crippen LogP contribution is 2.38. The summed E-state index contributed by atoms with van der Waals surface area (Å²) in [4.78, 5) is 48.4. The fourth-order valence-electron chi connectivity index (χ4n) is 3.14. The molecule has 1 aromatic rings. The van der Waals surface area contributed by atoms with Gasteiger partial charge in [0.1, 0.15) is 12.2 Å². The molecule has 0 unspecified atom stereocenters. The number of aliphatic hydroxyl groups excluding tert-OH is 2. The summed E-state index contributed by atoms with van der Waals surface area (Å²) in [7, 11) is 0. The van der Waals surface area contributed by atoms with Crippen LogP contribution in [0.4, 0.5) is 4.39 Å². The number of esters is 2. The van der Waals surface area contributed by atoms with Crippen LogP contribution in [0.25, 0.3) is 0 Å². The van der Waals surface area contributed by atoms with Crippen molar-refractivity contribution in [2.75, 3.05) is 6.61 Å². The largest absolute Gasteiger partial charge is 0.459 e. The van der Waals surface area contributed by atoms with Crippen LogP contribution >= 0.6 is 0 Å². The Morgan fingerprint density at radius 3 is 2.38 bits per heavy atom. The second-order valence-electron chi connectivity index (χ2n) is 7.87. The molecule has 1 aliphatic heterocycles. The van der Waals surface area contributed by atoms with Crippen LogP contribution in [0.3, 0.4) is 0 Å². The van der Waals surface area contributed by atoms with E-state index in [1.807, 2.05) is 0 Å². The van der Waals surface area contributed by atoms with E-state index in [9.17, 15) is 29.4 Å². The van der Waals surface area contributed by atoms with Gasteiger partial charge in [-0.1, -0.05) is 27.7 Å². The number of halogens is 1. The fourth-order valence-corrected chi connectivity index (χ4v) is 3.14. The van der Waals surface area contributed by atoms with Gasteiger partial charge in [-0.3, -0.25) is 19.0 Å². The number of rotatable bonds is 9. The van der Waals surface area contributed by atoms with Gasteiger partial charge in [0.05, 0.1) is 11.8 Å². The maximum Gasteiger partial charge on any atom is 0.335 e. The zero-order valence-electron chi connectivity index (χ0n) is 18.4. The van der Waals surface area contributed by atoms with Crippen LogP contribution in [0, 0.1) is 11.8 Å². The summed E-state index contributed by atoms with van der Waals surface area (Å²) in [6, 6.07) is 0.929. The summed E-state index contributed by atoms with van der Waals surface area (Å²) in [5.74, 6) is -5.28. The quantitative estimate of drug-likeness (QED) is 0.489. The molecular weight excluding hydrogens is 431 g/mol. The van der Waals surface area contributed by atoms with Crippen molar-refractivity contribution in [3.05, 3.63) is 33.1 Å². The molecule has 0 radical (unpaired) electrons. The van der Waals surface area contributed by atoms with Crippen molar-refractivity contribution in [2.24, 2.45) is 11.8 Å². The number of hydrogen-bond acceptors (Lipinski definition) is 9. The van der Waals surface area contributed by atoms with Gasteiger partial charge >= 0.3 is 17.6 Å². The first-order valence-corrected chi connectivity index (χ1v) is 10.3. The average molecular weight is 460 g/mol. The van der Waals surface area contributed by atoms with Gasteiger partial charge in [0.25, 0.3) is 11.4 Å². The van der Waals surface area contributed by atoms with Crippen molar-refractivity contribution >= 4 is 11.9 Å². The van der Waals surface area contributed by atoms with E-state index in [0.29, 0.717) is 22.0 Å². The van der Waals surface area contributed by atoms with Crippen LogP contribution in [-0.4, -0.2) is 56.0 Å². The number of carbonyl (C=O) groups excluding carboxylic acids is 2. The van der Waals surface area contributed by atoms with E-state index in [1.54, 1.807) is 27.7 Å². The standard InChI is InChI=1S/C20H29FN2O9/c1-5-12(6-2)18(28)30-9-20(21)15(26)14(25)16(32-20)22-8-7-13(24)23(19(22)29)10-31-17(27)11(3)4/h7-8,11-12,14-16,25-26H,5-6,9-10H2,1-4H3/t14-,15+,16-,20-/m1/s1. The van der Waals surface area contributed by atoms with Crippen LogP contribution in [0.2, 0.25) is 0 Å². The van der Waals surface area contributed by atoms with Crippen LogP contribution in [0.1, 0.15) is 46.8 Å². The molecule has 1 aromatic heterocycles. The van der Waals surface area contributed by atoms with Gasteiger partial charge in [-0.2, -0.15) is 0 Å². The number of aliphatic hydroxyl groups is 2. The van der Waals surface area contributed by atoms with Gasteiger partial charge < -0.3 is 24.4 Å². The molecule has 0 spiro atoms. The molecule has 180 valence electrons. The molecule has 0 bridgehead atoms. The molecule has 1 aliphatic rings. The molecule has 2 heterocycles. The van der Waals surface area contributed by atoms with Gasteiger partial charge in [0, 0.05) is 12.3 Å². The molecule has 0 aromatic carbocycles. The van der Waals surface area contributed by atoms with Crippen LogP contribution in [0.15, 0.2) is 21.9 Å². The highest BCUT2D eigenvalue weighted by molar-refractivity contribution is 5.72. The van der Waals surface area contributed by atoms with Crippen molar-refractivity contribution in [3.63, 3.8) is 0 Å². The van der Waals surface area contributed by atoms with E-state index in [2.05, 4.69) is 0 Å². The summed E-state index contributed by atoms with van der Waals surface area (Å²) in [5, 5.41) is 20.5. The van der Waals surface area contributed by atoms with Crippen molar-refractivity contribution in [2.45, 2.75) is 71.6 Å². The minimum absolute atomic E-state index is 0.461. The Balaban J connectivity index is 2.24. The second kappa shape index (κ2) is 10.4. The van der Waals surface area contributed by atoms with E-state index < -0.39 is 72.7 Å². The molecule has 0 aliphatic carbocycles. The molecule has 0 saturated carbocycles. The van der Waals surface area contributed by atoms with Crippen molar-refractivity contribution in [1.29, 1.82) is 0 Å². The zero-order valence-corrected chi connectivity index (χ0v) is 18.4. The number of alkyl halides is 1. The van der Waals surface area contributed by atoms with E-state index in [4.69, 9.17) is 14.2 Å². The van der Waals surface area contributed by atoms with Crippen LogP contribution < -0.4 is 11.2 Å². The average Bonchev–Trinajstić information content (AvgIpc) is 2.97. The van der Waals surface area contributed by atoms with Crippen LogP contribution in [0.5, 0.6) is 0 Å². The number of hydrogen-bond donors (Lipinski definition) is 2. The molecule has 4 atom stereocenters. The third kappa shape index (κ3) is 5.25. The summed E-state index contributed by atoms with van der Waals surface area (Å²) in [5.41, 5.74) is -1.87. The van der Waals surface area contributed by atoms with Crippen molar-refractivity contribution in [1.82, 2.24) is 9.13 Å². The number of ether oxygens (including phenoxy) is 3. The highest BCUT2D eigenvalue weighted by atomic mass is 19.2. The number of nitrogens with zero attached hydrogens (tertiary/aromatic N) is 2. The first-order chi connectivity index (χ1) is 15.0. The SMILES string of the molecule is CCC(CC)C(=O)OC[C@@]1(F)O[C@@H](n2ccc(=O)n(COC(=O)C(C)C)c2=O)[C@H](O)[C@@H]1O. The number of aromatic nitrogens is 2. The molecule has 2 N–H and O–H groups in total. The lowest BCUT2D eigenvalue weighted by Crippen LogP contribution is -2.44. The topological polar surface area (TPSA) is 146 Å². The van der Waals surface area contributed by atoms with Gasteiger partial charge in [-0.15, -0.1) is 0 Å². The lowest BCUT2D eigenvalue weighted by Gasteiger charge is -2.23. The van der Waals surface area contributed by atoms with Gasteiger partial charge in [0.15, 0.2) is 19.6 Å². The van der Waals surface area contributed by atoms with E-state index in [1.165, 1.54) is 0 Å². The molecule has 12 heteroatoms. The molecule has 2 rings (SSSR count). The molecular formula is C20H29FN2O9. The lowest BCUT2D eigenvalue weighted by molar-refractivity contribution is -0.218. The Morgan fingerprint density at radius 2 is 1.81 bits per heavy atom. The first-order valence-electron chi connectivity index (χ1n) is 10.3. The monoisotopic (exact) mass is 460 g/mol. The minimum atomic E-state index is -2.99. The van der Waals surface area contributed by atoms with Crippen molar-refractivity contribution in [3.8, 4) is 0 Å². The molecule has 1 fully saturated rings. The maximum absolute atomic E-state index is 15.2. The molecule has 0 amide bonds. The van der Waals surface area contributed by atoms with Gasteiger partial charge in [0.2, 0.25) is 0 Å². The lowest BCUT2D eigenvalue weighted by atomic mass is 10.0. The molecule has 32 heavy (non-hydrogen) atoms. The third-order valence-corrected chi connectivity index (χ3v) is 5.28. The summed E-state index contributed by atoms with van der Waals surface area (Å²) in [6.45, 7) is 4.96. The third-order valence-electron chi connectivity index (χ3n) is 5.28. The zero-order chi connectivity index (χ0) is 24.2. The van der Waals surface area contributed by atoms with Gasteiger partial charge in [-0.25, -0.2) is 13.8 Å². The Hall–Kier alpha value is -2.57. The van der Waals surface area contributed by atoms with E-state index in [-0.39, 0.29) is 0 Å². The Morgan fingerprint density at radius 1 is 1.19 bits per heavy atom. The number of carbonyl (C=O) groups is 2. The first kappa shape index (κ1) is 25.7. The Kier molecular flexibility index (Phi) is 8.32. The summed E-state index contributed by atoms with van der Waals surface area (Å²) >= 11 is 0. The fraction of sp³-hybridized carbons (Fsp3) is 0.700. The Bertz CT molecular complexity index is 940. The minimum Gasteiger partial charge on any atom is -0.459 e. The van der Waals surface area contributed by atoms with Gasteiger partial charge in [-0.05, 0) is 12.8 Å². The smallest absolute Gasteiger partial charge is 0.335 e. The van der Waals surface area contributed by atoms with E-state index in [0.717, 1.165) is 12.3 Å². The van der Waals surface area contributed by atoms with Crippen LogP contribution in [-0.2, 0) is 30.5 Å². The summed E-state index contributed by atoms with van der Waals surface area (Å²) in [6.07, 6.45) is -3.90. The normalized spacial score (nSPS) is 25.3. The second-order valence-corrected chi connectivity index (χ2v) is 7.87. The Labute approximate surface area is 183 Å². The highest BCUT2D eigenvalue weighted by Gasteiger charge is 2.57. The maximum atomic E-state index is 15.2. The predicted octanol–water partition coefficient (Wildman–Crippen LogP) is 0.0625.